The van der Waals surface area contributed by atoms with Crippen molar-refractivity contribution in [3.8, 4) is 0 Å². The first-order chi connectivity index (χ1) is 10.3. The SMILES string of the molecule is O=C(c1cc2ncccc2o1)N1CC[C@H](c2ncon2)C1. The lowest BCUT2D eigenvalue weighted by Gasteiger charge is -2.13. The van der Waals surface area contributed by atoms with Crippen LogP contribution in [0, 0.1) is 0 Å². The van der Waals surface area contributed by atoms with Crippen LogP contribution in [-0.4, -0.2) is 39.0 Å². The van der Waals surface area contributed by atoms with Crippen LogP contribution in [0.25, 0.3) is 11.1 Å². The lowest BCUT2D eigenvalue weighted by Crippen LogP contribution is -2.28. The summed E-state index contributed by atoms with van der Waals surface area (Å²) >= 11 is 0. The van der Waals surface area contributed by atoms with E-state index >= 15 is 0 Å². The van der Waals surface area contributed by atoms with Gasteiger partial charge in [-0.15, -0.1) is 0 Å². The lowest BCUT2D eigenvalue weighted by atomic mass is 10.1. The zero-order chi connectivity index (χ0) is 14.2. The van der Waals surface area contributed by atoms with E-state index in [4.69, 9.17) is 8.94 Å². The Hall–Kier alpha value is -2.70. The molecule has 1 aliphatic rings. The van der Waals surface area contributed by atoms with Gasteiger partial charge in [0.25, 0.3) is 5.91 Å². The predicted molar refractivity (Wildman–Crippen MR) is 71.6 cm³/mol. The van der Waals surface area contributed by atoms with E-state index in [-0.39, 0.29) is 11.8 Å². The van der Waals surface area contributed by atoms with Crippen molar-refractivity contribution < 1.29 is 13.7 Å². The van der Waals surface area contributed by atoms with Gasteiger partial charge in [-0.05, 0) is 18.6 Å². The van der Waals surface area contributed by atoms with Gasteiger partial charge in [0.05, 0.1) is 0 Å². The number of hydrogen-bond acceptors (Lipinski definition) is 6. The van der Waals surface area contributed by atoms with Crippen molar-refractivity contribution >= 4 is 17.0 Å². The zero-order valence-corrected chi connectivity index (χ0v) is 11.1. The number of pyridine rings is 1. The third-order valence-electron chi connectivity index (χ3n) is 3.72. The zero-order valence-electron chi connectivity index (χ0n) is 11.1. The van der Waals surface area contributed by atoms with Crippen LogP contribution in [0.4, 0.5) is 0 Å². The Kier molecular flexibility index (Phi) is 2.70. The Morgan fingerprint density at radius 1 is 1.38 bits per heavy atom. The van der Waals surface area contributed by atoms with Crippen molar-refractivity contribution in [1.82, 2.24) is 20.0 Å². The normalized spacial score (nSPS) is 18.5. The molecule has 0 aliphatic carbocycles. The maximum absolute atomic E-state index is 12.5. The van der Waals surface area contributed by atoms with Crippen molar-refractivity contribution in [1.29, 1.82) is 0 Å². The molecule has 21 heavy (non-hydrogen) atoms. The van der Waals surface area contributed by atoms with Crippen molar-refractivity contribution in [2.75, 3.05) is 13.1 Å². The van der Waals surface area contributed by atoms with Crippen LogP contribution in [0.1, 0.15) is 28.7 Å². The molecular weight excluding hydrogens is 272 g/mol. The van der Waals surface area contributed by atoms with Crippen molar-refractivity contribution in [3.05, 3.63) is 42.4 Å². The summed E-state index contributed by atoms with van der Waals surface area (Å²) in [6.07, 6.45) is 3.81. The van der Waals surface area contributed by atoms with Gasteiger partial charge in [-0.3, -0.25) is 9.78 Å². The van der Waals surface area contributed by atoms with E-state index in [2.05, 4.69) is 15.1 Å². The van der Waals surface area contributed by atoms with E-state index in [0.29, 0.717) is 35.8 Å². The van der Waals surface area contributed by atoms with Crippen molar-refractivity contribution in [3.63, 3.8) is 0 Å². The molecule has 0 bridgehead atoms. The molecule has 0 saturated carbocycles. The van der Waals surface area contributed by atoms with Gasteiger partial charge in [0.1, 0.15) is 5.52 Å². The third kappa shape index (κ3) is 2.06. The highest BCUT2D eigenvalue weighted by molar-refractivity contribution is 5.95. The summed E-state index contributed by atoms with van der Waals surface area (Å²) < 4.78 is 10.3. The van der Waals surface area contributed by atoms with Gasteiger partial charge in [-0.1, -0.05) is 5.16 Å². The number of nitrogens with zero attached hydrogens (tertiary/aromatic N) is 4. The predicted octanol–water partition coefficient (Wildman–Crippen LogP) is 1.84. The molecule has 0 unspecified atom stereocenters. The minimum atomic E-state index is -0.126. The molecule has 4 heterocycles. The van der Waals surface area contributed by atoms with Gasteiger partial charge < -0.3 is 13.8 Å². The van der Waals surface area contributed by atoms with Gasteiger partial charge >= 0.3 is 0 Å². The maximum Gasteiger partial charge on any atom is 0.289 e. The Bertz CT molecular complexity index is 747. The molecule has 1 amide bonds. The van der Waals surface area contributed by atoms with E-state index in [9.17, 15) is 4.79 Å². The monoisotopic (exact) mass is 284 g/mol. The van der Waals surface area contributed by atoms with Gasteiger partial charge in [-0.2, -0.15) is 4.98 Å². The molecule has 1 atom stereocenters. The number of carbonyl (C=O) groups is 1. The maximum atomic E-state index is 12.5. The number of hydrogen-bond donors (Lipinski definition) is 0. The molecule has 0 spiro atoms. The van der Waals surface area contributed by atoms with E-state index < -0.39 is 0 Å². The Morgan fingerprint density at radius 3 is 3.14 bits per heavy atom. The fraction of sp³-hybridized carbons (Fsp3) is 0.286. The molecule has 3 aromatic heterocycles. The standard InChI is InChI=1S/C14H12N4O3/c19-14(12-6-10-11(21-12)2-1-4-15-10)18-5-3-9(7-18)13-16-8-20-17-13/h1-2,4,6,8-9H,3,5,7H2/t9-/m0/s1. The number of amides is 1. The Balaban J connectivity index is 1.55. The molecule has 106 valence electrons. The molecule has 4 rings (SSSR count). The summed E-state index contributed by atoms with van der Waals surface area (Å²) in [6.45, 7) is 1.23. The van der Waals surface area contributed by atoms with Crippen LogP contribution in [0.2, 0.25) is 0 Å². The highest BCUT2D eigenvalue weighted by Gasteiger charge is 2.31. The third-order valence-corrected chi connectivity index (χ3v) is 3.72. The number of aromatic nitrogens is 3. The number of rotatable bonds is 2. The highest BCUT2D eigenvalue weighted by atomic mass is 16.5. The summed E-state index contributed by atoms with van der Waals surface area (Å²) in [5.74, 6) is 0.961. The van der Waals surface area contributed by atoms with E-state index in [0.717, 1.165) is 6.42 Å². The second-order valence-corrected chi connectivity index (χ2v) is 5.02. The first kappa shape index (κ1) is 12.1. The summed E-state index contributed by atoms with van der Waals surface area (Å²) in [5.41, 5.74) is 1.31. The minimum Gasteiger partial charge on any atom is -0.449 e. The summed E-state index contributed by atoms with van der Waals surface area (Å²) in [6, 6.07) is 5.26. The molecule has 1 fully saturated rings. The average molecular weight is 284 g/mol. The molecular formula is C14H12N4O3. The van der Waals surface area contributed by atoms with Crippen LogP contribution in [-0.2, 0) is 0 Å². The van der Waals surface area contributed by atoms with Gasteiger partial charge in [0, 0.05) is 31.3 Å². The first-order valence-electron chi connectivity index (χ1n) is 6.71. The second-order valence-electron chi connectivity index (χ2n) is 5.02. The summed E-state index contributed by atoms with van der Waals surface area (Å²) in [4.78, 5) is 22.4. The topological polar surface area (TPSA) is 85.3 Å². The molecule has 0 aromatic carbocycles. The summed E-state index contributed by atoms with van der Waals surface area (Å²) in [5, 5.41) is 3.84. The van der Waals surface area contributed by atoms with E-state index in [1.54, 1.807) is 29.3 Å². The smallest absolute Gasteiger partial charge is 0.289 e. The molecule has 0 radical (unpaired) electrons. The average Bonchev–Trinajstić information content (AvgIpc) is 3.24. The summed E-state index contributed by atoms with van der Waals surface area (Å²) in [7, 11) is 0. The minimum absolute atomic E-state index is 0.121. The quantitative estimate of drug-likeness (QED) is 0.713. The second kappa shape index (κ2) is 4.69. The van der Waals surface area contributed by atoms with E-state index in [1.807, 2.05) is 0 Å². The van der Waals surface area contributed by atoms with Crippen LogP contribution < -0.4 is 0 Å². The van der Waals surface area contributed by atoms with Gasteiger partial charge in [0.2, 0.25) is 6.39 Å². The van der Waals surface area contributed by atoms with Crippen LogP contribution >= 0.6 is 0 Å². The van der Waals surface area contributed by atoms with Crippen LogP contribution in [0.5, 0.6) is 0 Å². The lowest BCUT2D eigenvalue weighted by molar-refractivity contribution is 0.0761. The number of carbonyl (C=O) groups excluding carboxylic acids is 1. The molecule has 1 aliphatic heterocycles. The first-order valence-corrected chi connectivity index (χ1v) is 6.71. The molecule has 7 nitrogen and oxygen atoms in total. The largest absolute Gasteiger partial charge is 0.449 e. The van der Waals surface area contributed by atoms with Crippen molar-refractivity contribution in [2.24, 2.45) is 0 Å². The molecule has 1 saturated heterocycles. The van der Waals surface area contributed by atoms with Gasteiger partial charge in [0.15, 0.2) is 17.2 Å². The van der Waals surface area contributed by atoms with Crippen LogP contribution in [0.15, 0.2) is 39.7 Å². The fourth-order valence-electron chi connectivity index (χ4n) is 2.64. The van der Waals surface area contributed by atoms with Gasteiger partial charge in [-0.25, -0.2) is 0 Å². The number of likely N-dealkylation sites (tertiary alicyclic amines) is 1. The van der Waals surface area contributed by atoms with Crippen LogP contribution in [0.3, 0.4) is 0 Å². The fourth-order valence-corrected chi connectivity index (χ4v) is 2.64. The molecule has 3 aromatic rings. The Labute approximate surface area is 119 Å². The number of fused-ring (bicyclic) bond motifs is 1. The Morgan fingerprint density at radius 2 is 2.33 bits per heavy atom. The number of furan rings is 1. The highest BCUT2D eigenvalue weighted by Crippen LogP contribution is 2.27. The van der Waals surface area contributed by atoms with Crippen molar-refractivity contribution in [2.45, 2.75) is 12.3 Å². The van der Waals surface area contributed by atoms with E-state index in [1.165, 1.54) is 6.39 Å². The molecule has 7 heteroatoms. The molecule has 0 N–H and O–H groups in total.